The molecule has 132 valence electrons. The molecular formula is C18H25FN2O3. The first-order valence-corrected chi connectivity index (χ1v) is 8.52. The number of carboxylic acid groups (broad SMARTS) is 1. The summed E-state index contributed by atoms with van der Waals surface area (Å²) in [6.45, 7) is 3.06. The van der Waals surface area contributed by atoms with Crippen molar-refractivity contribution in [2.45, 2.75) is 51.6 Å². The highest BCUT2D eigenvalue weighted by Crippen LogP contribution is 2.24. The number of nitrogens with one attached hydrogen (secondary N) is 1. The lowest BCUT2D eigenvalue weighted by molar-refractivity contribution is -0.142. The van der Waals surface area contributed by atoms with Gasteiger partial charge in [0.1, 0.15) is 5.82 Å². The third kappa shape index (κ3) is 5.22. The van der Waals surface area contributed by atoms with Crippen LogP contribution >= 0.6 is 0 Å². The molecule has 1 aliphatic rings. The van der Waals surface area contributed by atoms with E-state index in [9.17, 15) is 14.0 Å². The first kappa shape index (κ1) is 18.2. The Labute approximate surface area is 141 Å². The van der Waals surface area contributed by atoms with Crippen LogP contribution in [0, 0.1) is 11.7 Å². The smallest absolute Gasteiger partial charge is 0.317 e. The molecule has 24 heavy (non-hydrogen) atoms. The third-order valence-electron chi connectivity index (χ3n) is 4.47. The van der Waals surface area contributed by atoms with Gasteiger partial charge < -0.3 is 15.3 Å². The second kappa shape index (κ2) is 8.66. The molecule has 1 saturated carbocycles. The van der Waals surface area contributed by atoms with Crippen LogP contribution in [-0.2, 0) is 11.3 Å². The Morgan fingerprint density at radius 3 is 2.38 bits per heavy atom. The number of urea groups is 1. The predicted octanol–water partition coefficient (Wildman–Crippen LogP) is 3.39. The molecule has 1 aromatic carbocycles. The fraction of sp³-hybridized carbons (Fsp3) is 0.556. The Morgan fingerprint density at radius 1 is 1.21 bits per heavy atom. The molecule has 1 fully saturated rings. The van der Waals surface area contributed by atoms with Gasteiger partial charge in [-0.15, -0.1) is 0 Å². The molecular weight excluding hydrogens is 311 g/mol. The van der Waals surface area contributed by atoms with Crippen LogP contribution in [0.3, 0.4) is 0 Å². The summed E-state index contributed by atoms with van der Waals surface area (Å²) in [5.74, 6) is -1.33. The Morgan fingerprint density at radius 2 is 1.83 bits per heavy atom. The third-order valence-corrected chi connectivity index (χ3v) is 4.47. The van der Waals surface area contributed by atoms with E-state index >= 15 is 0 Å². The van der Waals surface area contributed by atoms with Crippen LogP contribution in [0.4, 0.5) is 9.18 Å². The summed E-state index contributed by atoms with van der Waals surface area (Å²) >= 11 is 0. The Balaban J connectivity index is 1.89. The molecule has 0 atom stereocenters. The molecule has 2 amide bonds. The average Bonchev–Trinajstić information content (AvgIpc) is 2.57. The Hall–Kier alpha value is -2.11. The molecule has 6 heteroatoms. The van der Waals surface area contributed by atoms with Gasteiger partial charge in [0.25, 0.3) is 0 Å². The van der Waals surface area contributed by atoms with E-state index in [1.54, 1.807) is 17.0 Å². The van der Waals surface area contributed by atoms with Crippen molar-refractivity contribution in [3.05, 3.63) is 35.6 Å². The van der Waals surface area contributed by atoms with E-state index in [2.05, 4.69) is 5.32 Å². The molecule has 1 aromatic rings. The monoisotopic (exact) mass is 336 g/mol. The summed E-state index contributed by atoms with van der Waals surface area (Å²) < 4.78 is 13.0. The number of carbonyl (C=O) groups excluding carboxylic acids is 1. The van der Waals surface area contributed by atoms with E-state index in [1.807, 2.05) is 6.92 Å². The number of nitrogens with zero attached hydrogens (tertiary/aromatic N) is 1. The Bertz CT molecular complexity index is 554. The van der Waals surface area contributed by atoms with Crippen LogP contribution < -0.4 is 5.32 Å². The average molecular weight is 336 g/mol. The van der Waals surface area contributed by atoms with Crippen molar-refractivity contribution in [1.29, 1.82) is 0 Å². The number of rotatable bonds is 6. The zero-order valence-corrected chi connectivity index (χ0v) is 14.0. The molecule has 2 N–H and O–H groups in total. The molecule has 0 bridgehead atoms. The summed E-state index contributed by atoms with van der Waals surface area (Å²) in [5.41, 5.74) is 0.884. The van der Waals surface area contributed by atoms with Gasteiger partial charge in [0.15, 0.2) is 0 Å². The molecule has 0 saturated heterocycles. The van der Waals surface area contributed by atoms with Crippen molar-refractivity contribution >= 4 is 12.0 Å². The number of carboxylic acids is 1. The van der Waals surface area contributed by atoms with Crippen LogP contribution in [0.2, 0.25) is 0 Å². The van der Waals surface area contributed by atoms with Crippen LogP contribution in [0.1, 0.15) is 44.6 Å². The lowest BCUT2D eigenvalue weighted by atomic mass is 9.86. The van der Waals surface area contributed by atoms with E-state index in [0.717, 1.165) is 12.0 Å². The maximum atomic E-state index is 13.0. The van der Waals surface area contributed by atoms with Crippen molar-refractivity contribution in [3.63, 3.8) is 0 Å². The molecule has 0 heterocycles. The van der Waals surface area contributed by atoms with Gasteiger partial charge in [0.2, 0.25) is 0 Å². The van der Waals surface area contributed by atoms with Crippen molar-refractivity contribution in [2.75, 3.05) is 6.54 Å². The van der Waals surface area contributed by atoms with E-state index < -0.39 is 5.97 Å². The minimum Gasteiger partial charge on any atom is -0.481 e. The van der Waals surface area contributed by atoms with Gasteiger partial charge >= 0.3 is 12.0 Å². The summed E-state index contributed by atoms with van der Waals surface area (Å²) in [6.07, 6.45) is 3.43. The lowest BCUT2D eigenvalue weighted by Gasteiger charge is -2.30. The fourth-order valence-corrected chi connectivity index (χ4v) is 3.08. The normalized spacial score (nSPS) is 20.4. The molecule has 0 spiro atoms. The quantitative estimate of drug-likeness (QED) is 0.836. The van der Waals surface area contributed by atoms with E-state index in [0.29, 0.717) is 38.8 Å². The first-order chi connectivity index (χ1) is 11.5. The number of aliphatic carboxylic acids is 1. The van der Waals surface area contributed by atoms with Gasteiger partial charge in [-0.1, -0.05) is 19.1 Å². The zero-order chi connectivity index (χ0) is 17.5. The van der Waals surface area contributed by atoms with E-state index in [4.69, 9.17) is 5.11 Å². The number of amides is 2. The van der Waals surface area contributed by atoms with Crippen molar-refractivity contribution in [3.8, 4) is 0 Å². The van der Waals surface area contributed by atoms with Gasteiger partial charge in [-0.05, 0) is 49.8 Å². The number of carbonyl (C=O) groups is 2. The summed E-state index contributed by atoms with van der Waals surface area (Å²) in [7, 11) is 0. The molecule has 5 nitrogen and oxygen atoms in total. The van der Waals surface area contributed by atoms with E-state index in [-0.39, 0.29) is 23.8 Å². The maximum absolute atomic E-state index is 13.0. The van der Waals surface area contributed by atoms with Gasteiger partial charge in [-0.3, -0.25) is 4.79 Å². The second-order valence-electron chi connectivity index (χ2n) is 6.38. The fourth-order valence-electron chi connectivity index (χ4n) is 3.08. The molecule has 0 aliphatic heterocycles. The second-order valence-corrected chi connectivity index (χ2v) is 6.38. The zero-order valence-electron chi connectivity index (χ0n) is 14.0. The molecule has 2 rings (SSSR count). The number of hydrogen-bond acceptors (Lipinski definition) is 2. The standard InChI is InChI=1S/C18H25FN2O3/c1-2-11-21(12-13-3-7-15(19)8-4-13)18(24)20-16-9-5-14(6-10-16)17(22)23/h3-4,7-8,14,16H,2,5-6,9-12H2,1H3,(H,20,24)(H,22,23). The summed E-state index contributed by atoms with van der Waals surface area (Å²) in [5, 5.41) is 12.0. The number of hydrogen-bond donors (Lipinski definition) is 2. The molecule has 0 aromatic heterocycles. The topological polar surface area (TPSA) is 69.6 Å². The van der Waals surface area contributed by atoms with Gasteiger partial charge in [-0.2, -0.15) is 0 Å². The highest BCUT2D eigenvalue weighted by Gasteiger charge is 2.27. The van der Waals surface area contributed by atoms with Crippen molar-refractivity contribution in [2.24, 2.45) is 5.92 Å². The van der Waals surface area contributed by atoms with Crippen LogP contribution in [-0.4, -0.2) is 34.6 Å². The minimum atomic E-state index is -0.747. The molecule has 1 aliphatic carbocycles. The van der Waals surface area contributed by atoms with Crippen molar-refractivity contribution < 1.29 is 19.1 Å². The lowest BCUT2D eigenvalue weighted by Crippen LogP contribution is -2.46. The Kier molecular flexibility index (Phi) is 6.58. The summed E-state index contributed by atoms with van der Waals surface area (Å²) in [6, 6.07) is 6.04. The number of benzene rings is 1. The van der Waals surface area contributed by atoms with Gasteiger partial charge in [0.05, 0.1) is 5.92 Å². The molecule has 0 unspecified atom stereocenters. The predicted molar refractivity (Wildman–Crippen MR) is 89.0 cm³/mol. The largest absolute Gasteiger partial charge is 0.481 e. The van der Waals surface area contributed by atoms with Crippen molar-refractivity contribution in [1.82, 2.24) is 10.2 Å². The summed E-state index contributed by atoms with van der Waals surface area (Å²) in [4.78, 5) is 25.2. The highest BCUT2D eigenvalue weighted by atomic mass is 19.1. The number of halogens is 1. The van der Waals surface area contributed by atoms with Crippen LogP contribution in [0.5, 0.6) is 0 Å². The van der Waals surface area contributed by atoms with Gasteiger partial charge in [0, 0.05) is 19.1 Å². The van der Waals surface area contributed by atoms with Crippen LogP contribution in [0.25, 0.3) is 0 Å². The maximum Gasteiger partial charge on any atom is 0.317 e. The van der Waals surface area contributed by atoms with Gasteiger partial charge in [-0.25, -0.2) is 9.18 Å². The van der Waals surface area contributed by atoms with Crippen LogP contribution in [0.15, 0.2) is 24.3 Å². The van der Waals surface area contributed by atoms with E-state index in [1.165, 1.54) is 12.1 Å². The highest BCUT2D eigenvalue weighted by molar-refractivity contribution is 5.74. The molecule has 0 radical (unpaired) electrons. The first-order valence-electron chi connectivity index (χ1n) is 8.52. The minimum absolute atomic E-state index is 0.0284. The SMILES string of the molecule is CCCN(Cc1ccc(F)cc1)C(=O)NC1CCC(C(=O)O)CC1.